The average Bonchev–Trinajstić information content (AvgIpc) is 2.41. The first kappa shape index (κ1) is 19.1. The monoisotopic (exact) mass is 388 g/mol. The lowest BCUT2D eigenvalue weighted by molar-refractivity contribution is -0.176. The Morgan fingerprint density at radius 3 is 2.46 bits per heavy atom. The molecule has 0 N–H and O–H groups in total. The lowest BCUT2D eigenvalue weighted by Crippen LogP contribution is -2.71. The van der Waals surface area contributed by atoms with Crippen LogP contribution in [0.1, 0.15) is 33.0 Å². The number of rotatable bonds is 1. The molecular weight excluding hydrogens is 366 g/mol. The average molecular weight is 389 g/mol. The van der Waals surface area contributed by atoms with Crippen molar-refractivity contribution in [2.75, 3.05) is 31.1 Å². The number of aryl methyl sites for hydroxylation is 1. The predicted octanol–water partition coefficient (Wildman–Crippen LogP) is 3.52. The third-order valence-corrected chi connectivity index (χ3v) is 4.98. The van der Waals surface area contributed by atoms with Gasteiger partial charge in [0.1, 0.15) is 22.4 Å². The molecule has 3 heterocycles. The number of hydrogen-bond donors (Lipinski definition) is 0. The van der Waals surface area contributed by atoms with E-state index in [-0.39, 0.29) is 26.1 Å². The van der Waals surface area contributed by atoms with Gasteiger partial charge in [-0.2, -0.15) is 0 Å². The molecule has 0 radical (unpaired) electrons. The molecule has 1 amide bonds. The third kappa shape index (κ3) is 3.56. The van der Waals surface area contributed by atoms with Crippen LogP contribution in [0.2, 0.25) is 5.15 Å². The maximum atomic E-state index is 14.9. The predicted molar refractivity (Wildman–Crippen MR) is 93.8 cm³/mol. The second-order valence-electron chi connectivity index (χ2n) is 8.09. The fourth-order valence-electron chi connectivity index (χ4n) is 3.41. The van der Waals surface area contributed by atoms with E-state index in [2.05, 4.69) is 9.97 Å². The Labute approximate surface area is 156 Å². The highest BCUT2D eigenvalue weighted by atomic mass is 35.5. The largest absolute Gasteiger partial charge is 0.444 e. The molecule has 2 saturated heterocycles. The van der Waals surface area contributed by atoms with Crippen molar-refractivity contribution >= 4 is 23.5 Å². The van der Waals surface area contributed by atoms with Gasteiger partial charge in [-0.3, -0.25) is 0 Å². The number of halogens is 3. The summed E-state index contributed by atoms with van der Waals surface area (Å²) >= 11 is 5.93. The zero-order valence-electron chi connectivity index (χ0n) is 15.4. The fraction of sp³-hybridized carbons (Fsp3) is 0.706. The zero-order valence-corrected chi connectivity index (χ0v) is 16.1. The maximum absolute atomic E-state index is 14.9. The van der Waals surface area contributed by atoms with Crippen molar-refractivity contribution in [3.8, 4) is 0 Å². The highest BCUT2D eigenvalue weighted by molar-refractivity contribution is 6.29. The number of amides is 1. The second-order valence-corrected chi connectivity index (χ2v) is 8.48. The van der Waals surface area contributed by atoms with Crippen LogP contribution in [0.25, 0.3) is 0 Å². The lowest BCUT2D eigenvalue weighted by atomic mass is 9.69. The Morgan fingerprint density at radius 2 is 1.92 bits per heavy atom. The van der Waals surface area contributed by atoms with Gasteiger partial charge >= 0.3 is 6.09 Å². The third-order valence-electron chi connectivity index (χ3n) is 4.78. The molecule has 2 aliphatic rings. The molecule has 0 atom stereocenters. The molecule has 0 unspecified atom stereocenters. The summed E-state index contributed by atoms with van der Waals surface area (Å²) in [5.74, 6) is -1.94. The first-order chi connectivity index (χ1) is 11.9. The maximum Gasteiger partial charge on any atom is 0.410 e. The fourth-order valence-corrected chi connectivity index (χ4v) is 3.63. The van der Waals surface area contributed by atoms with Crippen LogP contribution in [0.3, 0.4) is 0 Å². The normalized spacial score (nSPS) is 21.5. The van der Waals surface area contributed by atoms with Gasteiger partial charge < -0.3 is 14.5 Å². The van der Waals surface area contributed by atoms with Crippen LogP contribution in [0, 0.1) is 12.3 Å². The van der Waals surface area contributed by atoms with E-state index in [1.165, 1.54) is 0 Å². The van der Waals surface area contributed by atoms with Crippen molar-refractivity contribution in [2.45, 2.75) is 45.6 Å². The number of hydrogen-bond acceptors (Lipinski definition) is 5. The molecule has 2 aliphatic heterocycles. The van der Waals surface area contributed by atoms with E-state index in [4.69, 9.17) is 16.3 Å². The molecule has 0 saturated carbocycles. The van der Waals surface area contributed by atoms with Crippen molar-refractivity contribution < 1.29 is 18.3 Å². The van der Waals surface area contributed by atoms with Gasteiger partial charge in [-0.15, -0.1) is 0 Å². The smallest absolute Gasteiger partial charge is 0.410 e. The highest BCUT2D eigenvalue weighted by Gasteiger charge is 2.63. The number of carbonyl (C=O) groups is 1. The van der Waals surface area contributed by atoms with Gasteiger partial charge in [0.2, 0.25) is 0 Å². The van der Waals surface area contributed by atoms with Gasteiger partial charge in [0.15, 0.2) is 0 Å². The van der Waals surface area contributed by atoms with Crippen LogP contribution < -0.4 is 4.90 Å². The Morgan fingerprint density at radius 1 is 1.27 bits per heavy atom. The Bertz CT molecular complexity index is 697. The molecule has 2 fully saturated rings. The van der Waals surface area contributed by atoms with Gasteiger partial charge in [-0.25, -0.2) is 23.5 Å². The van der Waals surface area contributed by atoms with E-state index >= 15 is 0 Å². The molecule has 0 bridgehead atoms. The molecule has 1 aromatic rings. The van der Waals surface area contributed by atoms with Crippen molar-refractivity contribution in [2.24, 2.45) is 5.41 Å². The summed E-state index contributed by atoms with van der Waals surface area (Å²) in [6.07, 6.45) is -0.477. The van der Waals surface area contributed by atoms with Gasteiger partial charge in [0.25, 0.3) is 5.92 Å². The van der Waals surface area contributed by atoms with E-state index in [1.807, 2.05) is 0 Å². The Hall–Kier alpha value is -1.70. The molecular formula is C17H23ClF2N4O2. The minimum atomic E-state index is -3.00. The number of nitrogens with zero attached hydrogens (tertiary/aromatic N) is 4. The topological polar surface area (TPSA) is 58.6 Å². The second kappa shape index (κ2) is 6.18. The van der Waals surface area contributed by atoms with E-state index in [9.17, 15) is 13.6 Å². The summed E-state index contributed by atoms with van der Waals surface area (Å²) < 4.78 is 34.9. The molecule has 0 aromatic carbocycles. The number of anilines is 1. The van der Waals surface area contributed by atoms with E-state index < -0.39 is 29.6 Å². The van der Waals surface area contributed by atoms with Crippen molar-refractivity contribution in [3.05, 3.63) is 17.0 Å². The SMILES string of the molecule is Cc1nc(Cl)cc(N2CC3(CCN(C(=O)OC(C)(C)C)CC3(F)F)C2)n1. The molecule has 6 nitrogen and oxygen atoms in total. The number of carbonyl (C=O) groups excluding carboxylic acids is 1. The summed E-state index contributed by atoms with van der Waals surface area (Å²) in [4.78, 5) is 23.2. The summed E-state index contributed by atoms with van der Waals surface area (Å²) in [6, 6.07) is 1.58. The highest BCUT2D eigenvalue weighted by Crippen LogP contribution is 2.51. The number of aromatic nitrogens is 2. The summed E-state index contributed by atoms with van der Waals surface area (Å²) in [5.41, 5.74) is -1.87. The van der Waals surface area contributed by atoms with E-state index in [1.54, 1.807) is 38.7 Å². The van der Waals surface area contributed by atoms with Gasteiger partial charge in [0, 0.05) is 25.7 Å². The van der Waals surface area contributed by atoms with Crippen LogP contribution in [0.15, 0.2) is 6.07 Å². The standard InChI is InChI=1S/C17H23ClF2N4O2/c1-11-21-12(18)7-13(22-11)24-8-16(9-24)5-6-23(10-17(16,19)20)14(25)26-15(2,3)4/h7H,5-6,8-10H2,1-4H3. The van der Waals surface area contributed by atoms with Crippen LogP contribution in [0.4, 0.5) is 19.4 Å². The molecule has 1 spiro atoms. The molecule has 9 heteroatoms. The molecule has 0 aliphatic carbocycles. The number of piperidine rings is 1. The number of ether oxygens (including phenoxy) is 1. The Balaban J connectivity index is 1.67. The zero-order chi connectivity index (χ0) is 19.3. The van der Waals surface area contributed by atoms with Crippen LogP contribution in [0.5, 0.6) is 0 Å². The quantitative estimate of drug-likeness (QED) is 0.689. The first-order valence-corrected chi connectivity index (χ1v) is 8.91. The van der Waals surface area contributed by atoms with Crippen LogP contribution in [-0.4, -0.2) is 58.7 Å². The number of alkyl halides is 2. The molecule has 26 heavy (non-hydrogen) atoms. The van der Waals surface area contributed by atoms with Gasteiger partial charge in [-0.1, -0.05) is 11.6 Å². The van der Waals surface area contributed by atoms with Crippen LogP contribution in [-0.2, 0) is 4.74 Å². The first-order valence-electron chi connectivity index (χ1n) is 8.53. The van der Waals surface area contributed by atoms with Crippen molar-refractivity contribution in [1.82, 2.24) is 14.9 Å². The van der Waals surface area contributed by atoms with E-state index in [0.717, 1.165) is 4.90 Å². The molecule has 1 aromatic heterocycles. The number of likely N-dealkylation sites (tertiary alicyclic amines) is 1. The molecule has 3 rings (SSSR count). The summed E-state index contributed by atoms with van der Waals surface area (Å²) in [6.45, 7) is 6.83. The minimum absolute atomic E-state index is 0.176. The van der Waals surface area contributed by atoms with Crippen molar-refractivity contribution in [1.29, 1.82) is 0 Å². The lowest BCUT2D eigenvalue weighted by Gasteiger charge is -2.57. The summed E-state index contributed by atoms with van der Waals surface area (Å²) in [5, 5.41) is 0.292. The molecule has 144 valence electrons. The summed E-state index contributed by atoms with van der Waals surface area (Å²) in [7, 11) is 0. The van der Waals surface area contributed by atoms with E-state index in [0.29, 0.717) is 16.8 Å². The van der Waals surface area contributed by atoms with Gasteiger partial charge in [-0.05, 0) is 34.1 Å². The van der Waals surface area contributed by atoms with Crippen molar-refractivity contribution in [3.63, 3.8) is 0 Å². The Kier molecular flexibility index (Phi) is 4.53. The van der Waals surface area contributed by atoms with Crippen LogP contribution >= 0.6 is 11.6 Å². The van der Waals surface area contributed by atoms with Gasteiger partial charge in [0.05, 0.1) is 12.0 Å². The minimum Gasteiger partial charge on any atom is -0.444 e.